The van der Waals surface area contributed by atoms with Crippen LogP contribution in [-0.4, -0.2) is 46.8 Å². The van der Waals surface area contributed by atoms with Gasteiger partial charge >= 0.3 is 5.97 Å². The van der Waals surface area contributed by atoms with E-state index < -0.39 is 5.72 Å². The first kappa shape index (κ1) is 20.6. The van der Waals surface area contributed by atoms with Crippen LogP contribution >= 0.6 is 0 Å². The number of fused-ring (bicyclic) bond motifs is 2. The summed E-state index contributed by atoms with van der Waals surface area (Å²) in [5, 5.41) is 4.24. The van der Waals surface area contributed by atoms with Gasteiger partial charge in [-0.05, 0) is 30.7 Å². The van der Waals surface area contributed by atoms with Crippen molar-refractivity contribution in [3.8, 4) is 5.75 Å². The van der Waals surface area contributed by atoms with Crippen LogP contribution in [0.2, 0.25) is 0 Å². The molecule has 1 spiro atoms. The standard InChI is InChI=1S/C25H27N3O4/c1-2-31-23(29)17-28-16-18(19-7-3-5-9-21(19)28)15-27-13-11-25(12-14-27)26-24(30)20-8-4-6-10-22(20)32-25/h3-10,16H,2,11-15,17H2,1H3,(H,26,30). The summed E-state index contributed by atoms with van der Waals surface area (Å²) < 4.78 is 13.4. The Morgan fingerprint density at radius 2 is 1.88 bits per heavy atom. The van der Waals surface area contributed by atoms with Crippen molar-refractivity contribution in [2.45, 2.75) is 38.6 Å². The van der Waals surface area contributed by atoms with Gasteiger partial charge in [0.1, 0.15) is 12.3 Å². The van der Waals surface area contributed by atoms with Crippen molar-refractivity contribution in [3.63, 3.8) is 0 Å². The summed E-state index contributed by atoms with van der Waals surface area (Å²) >= 11 is 0. The quantitative estimate of drug-likeness (QED) is 0.625. The van der Waals surface area contributed by atoms with Crippen LogP contribution in [0.15, 0.2) is 54.7 Å². The number of piperidine rings is 1. The maximum absolute atomic E-state index is 12.6. The number of hydrogen-bond donors (Lipinski definition) is 1. The fourth-order valence-electron chi connectivity index (χ4n) is 4.72. The van der Waals surface area contributed by atoms with Gasteiger partial charge in [-0.3, -0.25) is 14.5 Å². The first-order valence-corrected chi connectivity index (χ1v) is 11.1. The summed E-state index contributed by atoms with van der Waals surface area (Å²) in [6.07, 6.45) is 3.49. The molecule has 1 amide bonds. The number of ether oxygens (including phenoxy) is 2. The van der Waals surface area contributed by atoms with Crippen LogP contribution in [0.1, 0.15) is 35.7 Å². The third kappa shape index (κ3) is 3.84. The molecule has 7 heteroatoms. The van der Waals surface area contributed by atoms with Crippen molar-refractivity contribution < 1.29 is 19.1 Å². The Labute approximate surface area is 186 Å². The van der Waals surface area contributed by atoms with E-state index in [1.165, 1.54) is 5.56 Å². The zero-order valence-corrected chi connectivity index (χ0v) is 18.2. The molecule has 1 saturated heterocycles. The lowest BCUT2D eigenvalue weighted by Gasteiger charge is -2.44. The second-order valence-corrected chi connectivity index (χ2v) is 8.43. The third-order valence-electron chi connectivity index (χ3n) is 6.31. The third-order valence-corrected chi connectivity index (χ3v) is 6.31. The zero-order chi connectivity index (χ0) is 22.1. The molecule has 1 aromatic heterocycles. The molecule has 2 aliphatic heterocycles. The number of para-hydroxylation sites is 2. The molecule has 2 aromatic carbocycles. The molecule has 0 atom stereocenters. The average Bonchev–Trinajstić information content (AvgIpc) is 3.13. The molecule has 166 valence electrons. The van der Waals surface area contributed by atoms with Crippen molar-refractivity contribution in [2.75, 3.05) is 19.7 Å². The van der Waals surface area contributed by atoms with Gasteiger partial charge in [-0.1, -0.05) is 30.3 Å². The van der Waals surface area contributed by atoms with Crippen molar-refractivity contribution >= 4 is 22.8 Å². The smallest absolute Gasteiger partial charge is 0.325 e. The second kappa shape index (κ2) is 8.31. The normalized spacial score (nSPS) is 17.6. The van der Waals surface area contributed by atoms with Gasteiger partial charge in [0, 0.05) is 49.6 Å². The van der Waals surface area contributed by atoms with Crippen LogP contribution in [0.4, 0.5) is 0 Å². The molecule has 1 fully saturated rings. The highest BCUT2D eigenvalue weighted by Gasteiger charge is 2.42. The number of rotatable bonds is 5. The summed E-state index contributed by atoms with van der Waals surface area (Å²) in [7, 11) is 0. The van der Waals surface area contributed by atoms with Crippen LogP contribution < -0.4 is 10.1 Å². The van der Waals surface area contributed by atoms with E-state index in [9.17, 15) is 9.59 Å². The van der Waals surface area contributed by atoms with E-state index >= 15 is 0 Å². The number of esters is 1. The minimum Gasteiger partial charge on any atom is -0.467 e. The van der Waals surface area contributed by atoms with Crippen LogP contribution in [0.25, 0.3) is 10.9 Å². The number of nitrogens with one attached hydrogen (secondary N) is 1. The molecular weight excluding hydrogens is 406 g/mol. The summed E-state index contributed by atoms with van der Waals surface area (Å²) in [6, 6.07) is 15.5. The van der Waals surface area contributed by atoms with Gasteiger partial charge in [0.15, 0.2) is 5.72 Å². The first-order valence-electron chi connectivity index (χ1n) is 11.1. The van der Waals surface area contributed by atoms with Gasteiger partial charge in [0.05, 0.1) is 12.2 Å². The summed E-state index contributed by atoms with van der Waals surface area (Å²) in [6.45, 7) is 4.79. The minimum absolute atomic E-state index is 0.0673. The van der Waals surface area contributed by atoms with E-state index in [2.05, 4.69) is 22.5 Å². The highest BCUT2D eigenvalue weighted by atomic mass is 16.5. The molecule has 0 bridgehead atoms. The van der Waals surface area contributed by atoms with Crippen LogP contribution in [-0.2, 0) is 22.6 Å². The van der Waals surface area contributed by atoms with E-state index in [-0.39, 0.29) is 18.4 Å². The molecule has 5 rings (SSSR count). The Balaban J connectivity index is 1.30. The molecule has 0 unspecified atom stereocenters. The lowest BCUT2D eigenvalue weighted by Crippen LogP contribution is -2.60. The Morgan fingerprint density at radius 1 is 1.12 bits per heavy atom. The van der Waals surface area contributed by atoms with E-state index in [1.54, 1.807) is 6.07 Å². The highest BCUT2D eigenvalue weighted by molar-refractivity contribution is 5.98. The molecule has 7 nitrogen and oxygen atoms in total. The maximum Gasteiger partial charge on any atom is 0.325 e. The topological polar surface area (TPSA) is 72.8 Å². The average molecular weight is 434 g/mol. The van der Waals surface area contributed by atoms with Crippen molar-refractivity contribution in [1.82, 2.24) is 14.8 Å². The molecule has 3 heterocycles. The summed E-state index contributed by atoms with van der Waals surface area (Å²) in [5.74, 6) is 0.360. The van der Waals surface area contributed by atoms with Crippen LogP contribution in [0.5, 0.6) is 5.75 Å². The van der Waals surface area contributed by atoms with Gasteiger partial charge in [-0.25, -0.2) is 0 Å². The van der Waals surface area contributed by atoms with E-state index in [0.29, 0.717) is 30.8 Å². The van der Waals surface area contributed by atoms with Gasteiger partial charge < -0.3 is 19.4 Å². The van der Waals surface area contributed by atoms with E-state index in [4.69, 9.17) is 9.47 Å². The molecule has 3 aromatic rings. The fourth-order valence-corrected chi connectivity index (χ4v) is 4.72. The van der Waals surface area contributed by atoms with Crippen molar-refractivity contribution in [3.05, 3.63) is 65.9 Å². The van der Waals surface area contributed by atoms with Gasteiger partial charge in [-0.15, -0.1) is 0 Å². The Bertz CT molecular complexity index is 1160. The molecule has 32 heavy (non-hydrogen) atoms. The monoisotopic (exact) mass is 433 g/mol. The number of likely N-dealkylation sites (tertiary alicyclic amines) is 1. The predicted molar refractivity (Wildman–Crippen MR) is 120 cm³/mol. The van der Waals surface area contributed by atoms with Gasteiger partial charge in [0.25, 0.3) is 5.91 Å². The summed E-state index contributed by atoms with van der Waals surface area (Å²) in [5.41, 5.74) is 2.16. The Hall–Kier alpha value is -3.32. The molecule has 0 radical (unpaired) electrons. The zero-order valence-electron chi connectivity index (χ0n) is 18.2. The Morgan fingerprint density at radius 3 is 2.69 bits per heavy atom. The van der Waals surface area contributed by atoms with Crippen LogP contribution in [0, 0.1) is 0 Å². The van der Waals surface area contributed by atoms with Gasteiger partial charge in [0.2, 0.25) is 0 Å². The lowest BCUT2D eigenvalue weighted by atomic mass is 9.96. The molecule has 2 aliphatic rings. The fraction of sp³-hybridized carbons (Fsp3) is 0.360. The van der Waals surface area contributed by atoms with E-state index in [1.807, 2.05) is 47.9 Å². The number of carbonyl (C=O) groups excluding carboxylic acids is 2. The highest BCUT2D eigenvalue weighted by Crippen LogP contribution is 2.34. The number of amides is 1. The van der Waals surface area contributed by atoms with Crippen molar-refractivity contribution in [2.24, 2.45) is 0 Å². The molecule has 1 N–H and O–H groups in total. The number of benzene rings is 2. The molecule has 0 aliphatic carbocycles. The SMILES string of the molecule is CCOC(=O)Cn1cc(CN2CCC3(CC2)NC(=O)c2ccccc2O3)c2ccccc21. The predicted octanol–water partition coefficient (Wildman–Crippen LogP) is 3.32. The lowest BCUT2D eigenvalue weighted by molar-refractivity contribution is -0.143. The largest absolute Gasteiger partial charge is 0.467 e. The number of nitrogens with zero attached hydrogens (tertiary/aromatic N) is 2. The van der Waals surface area contributed by atoms with Gasteiger partial charge in [-0.2, -0.15) is 0 Å². The molecular formula is C25H27N3O4. The van der Waals surface area contributed by atoms with Crippen molar-refractivity contribution in [1.29, 1.82) is 0 Å². The number of aromatic nitrogens is 1. The maximum atomic E-state index is 12.6. The van der Waals surface area contributed by atoms with Crippen LogP contribution in [0.3, 0.4) is 0 Å². The first-order chi connectivity index (χ1) is 15.6. The second-order valence-electron chi connectivity index (χ2n) is 8.43. The Kier molecular flexibility index (Phi) is 5.35. The summed E-state index contributed by atoms with van der Waals surface area (Å²) in [4.78, 5) is 27.0. The number of hydrogen-bond acceptors (Lipinski definition) is 5. The minimum atomic E-state index is -0.639. The number of carbonyl (C=O) groups is 2. The molecule has 0 saturated carbocycles. The van der Waals surface area contributed by atoms with E-state index in [0.717, 1.165) is 30.5 Å².